The Morgan fingerprint density at radius 1 is 1.02 bits per heavy atom. The highest BCUT2D eigenvalue weighted by Gasteiger charge is 2.36. The Hall–Kier alpha value is -3.82. The van der Waals surface area contributed by atoms with Gasteiger partial charge < -0.3 is 14.8 Å². The first-order valence-corrected chi connectivity index (χ1v) is 13.8. The van der Waals surface area contributed by atoms with E-state index in [0.717, 1.165) is 17.6 Å². The van der Waals surface area contributed by atoms with Gasteiger partial charge in [0.15, 0.2) is 0 Å². The zero-order valence-corrected chi connectivity index (χ0v) is 24.7. The molecule has 0 saturated heterocycles. The van der Waals surface area contributed by atoms with E-state index in [2.05, 4.69) is 10.6 Å². The van der Waals surface area contributed by atoms with Gasteiger partial charge in [-0.2, -0.15) is 0 Å². The van der Waals surface area contributed by atoms with Gasteiger partial charge >= 0.3 is 12.1 Å². The van der Waals surface area contributed by atoms with Crippen LogP contribution in [-0.2, 0) is 14.3 Å². The minimum atomic E-state index is -0.684. The molecule has 1 atom stereocenters. The summed E-state index contributed by atoms with van der Waals surface area (Å²) in [7, 11) is 1.27. The molecule has 1 aliphatic carbocycles. The van der Waals surface area contributed by atoms with Crippen LogP contribution < -0.4 is 15.4 Å². The molecule has 0 spiro atoms. The lowest BCUT2D eigenvalue weighted by atomic mass is 9.95. The summed E-state index contributed by atoms with van der Waals surface area (Å²) in [5.74, 6) is -1.21. The van der Waals surface area contributed by atoms with E-state index >= 15 is 0 Å². The average molecular weight is 602 g/mol. The molecule has 1 saturated carbocycles. The number of nitrogens with zero attached hydrogens (tertiary/aromatic N) is 1. The lowest BCUT2D eigenvalue weighted by Gasteiger charge is -2.20. The molecular formula is C30H32Cl2N3O6+. The number of hydrogen-bond donors (Lipinski definition) is 3. The quantitative estimate of drug-likeness (QED) is 0.148. The Labute approximate surface area is 248 Å². The van der Waals surface area contributed by atoms with Gasteiger partial charge in [-0.05, 0) is 75.6 Å². The number of rotatable bonds is 8. The first-order valence-electron chi connectivity index (χ1n) is 13.1. The van der Waals surface area contributed by atoms with Gasteiger partial charge in [0.2, 0.25) is 17.8 Å². The van der Waals surface area contributed by atoms with E-state index in [4.69, 9.17) is 32.7 Å². The standard InChI is InChI=1S/C30H31Cl2N3O6/c1-30(2,3)41-29(38)34-24-11-9-20(31)15-21(24)19-8-12-26(35(39)16-19)22(13-17-5-6-17)27(36)33-25-10-7-18(14-23(25)32)28(37)40-4/h7-12,14-17,22H,5-6,13H2,1-4H3,(H2-,33,34,36,37,38,39)/p+1. The van der Waals surface area contributed by atoms with E-state index in [-0.39, 0.29) is 16.5 Å². The number of methoxy groups -OCH3 is 1. The van der Waals surface area contributed by atoms with Gasteiger partial charge in [-0.25, -0.2) is 9.59 Å². The van der Waals surface area contributed by atoms with Crippen LogP contribution in [0, 0.1) is 5.92 Å². The van der Waals surface area contributed by atoms with Gasteiger partial charge in [0.25, 0.3) is 0 Å². The van der Waals surface area contributed by atoms with E-state index in [1.165, 1.54) is 31.5 Å². The lowest BCUT2D eigenvalue weighted by Crippen LogP contribution is -2.40. The number of hydrogen-bond acceptors (Lipinski definition) is 6. The largest absolute Gasteiger partial charge is 0.465 e. The van der Waals surface area contributed by atoms with Crippen molar-refractivity contribution in [3.63, 3.8) is 0 Å². The normalized spacial score (nSPS) is 13.7. The van der Waals surface area contributed by atoms with Crippen LogP contribution in [0.25, 0.3) is 11.1 Å². The number of aromatic nitrogens is 1. The van der Waals surface area contributed by atoms with Crippen molar-refractivity contribution in [1.29, 1.82) is 0 Å². The highest BCUT2D eigenvalue weighted by atomic mass is 35.5. The maximum absolute atomic E-state index is 13.5. The maximum Gasteiger partial charge on any atom is 0.412 e. The molecule has 1 aliphatic rings. The molecule has 0 bridgehead atoms. The Kier molecular flexibility index (Phi) is 9.09. The highest BCUT2D eigenvalue weighted by molar-refractivity contribution is 6.34. The summed E-state index contributed by atoms with van der Waals surface area (Å²) in [6.45, 7) is 5.30. The second-order valence-corrected chi connectivity index (χ2v) is 11.8. The Balaban J connectivity index is 1.61. The number of anilines is 2. The van der Waals surface area contributed by atoms with Crippen LogP contribution in [0.3, 0.4) is 0 Å². The number of carbonyl (C=O) groups is 3. The lowest BCUT2D eigenvalue weighted by molar-refractivity contribution is -0.909. The van der Waals surface area contributed by atoms with Gasteiger partial charge in [-0.3, -0.25) is 15.3 Å². The van der Waals surface area contributed by atoms with E-state index in [1.807, 2.05) is 0 Å². The third kappa shape index (κ3) is 7.89. The molecule has 3 aromatic rings. The molecule has 1 fully saturated rings. The molecule has 216 valence electrons. The smallest absolute Gasteiger partial charge is 0.412 e. The fourth-order valence-electron chi connectivity index (χ4n) is 4.34. The van der Waals surface area contributed by atoms with Crippen molar-refractivity contribution in [3.8, 4) is 11.1 Å². The summed E-state index contributed by atoms with van der Waals surface area (Å²) in [6, 6.07) is 12.8. The summed E-state index contributed by atoms with van der Waals surface area (Å²) >= 11 is 12.6. The van der Waals surface area contributed by atoms with Crippen molar-refractivity contribution in [2.45, 2.75) is 51.6 Å². The molecule has 1 aromatic heterocycles. The highest BCUT2D eigenvalue weighted by Crippen LogP contribution is 2.39. The Bertz CT molecular complexity index is 1480. The van der Waals surface area contributed by atoms with Crippen LogP contribution in [0.2, 0.25) is 10.0 Å². The Morgan fingerprint density at radius 2 is 1.73 bits per heavy atom. The third-order valence-corrected chi connectivity index (χ3v) is 7.02. The van der Waals surface area contributed by atoms with Gasteiger partial charge in [0, 0.05) is 21.4 Å². The van der Waals surface area contributed by atoms with Gasteiger partial charge in [-0.1, -0.05) is 36.0 Å². The van der Waals surface area contributed by atoms with Gasteiger partial charge in [0.05, 0.1) is 34.6 Å². The first kappa shape index (κ1) is 30.1. The van der Waals surface area contributed by atoms with Crippen LogP contribution >= 0.6 is 23.2 Å². The predicted octanol–water partition coefficient (Wildman–Crippen LogP) is 6.84. The number of nitrogens with one attached hydrogen (secondary N) is 2. The monoisotopic (exact) mass is 600 g/mol. The second-order valence-electron chi connectivity index (χ2n) is 10.9. The first-order chi connectivity index (χ1) is 19.3. The number of benzene rings is 2. The molecule has 1 unspecified atom stereocenters. The van der Waals surface area contributed by atoms with Crippen molar-refractivity contribution in [1.82, 2.24) is 0 Å². The van der Waals surface area contributed by atoms with Crippen LogP contribution in [0.4, 0.5) is 16.2 Å². The molecule has 2 aromatic carbocycles. The fourth-order valence-corrected chi connectivity index (χ4v) is 4.74. The zero-order valence-electron chi connectivity index (χ0n) is 23.2. The zero-order chi connectivity index (χ0) is 29.9. The topological polar surface area (TPSA) is 118 Å². The molecule has 4 rings (SSSR count). The number of amides is 2. The number of ether oxygens (including phenoxy) is 2. The maximum atomic E-state index is 13.5. The molecule has 41 heavy (non-hydrogen) atoms. The van der Waals surface area contributed by atoms with Crippen molar-refractivity contribution >= 4 is 52.5 Å². The van der Waals surface area contributed by atoms with Crippen molar-refractivity contribution in [2.75, 3.05) is 17.7 Å². The third-order valence-electron chi connectivity index (χ3n) is 6.48. The Morgan fingerprint density at radius 3 is 2.34 bits per heavy atom. The van der Waals surface area contributed by atoms with E-state index in [0.29, 0.717) is 45.6 Å². The van der Waals surface area contributed by atoms with Gasteiger partial charge in [-0.15, -0.1) is 0 Å². The number of carbonyl (C=O) groups excluding carboxylic acids is 3. The predicted molar refractivity (Wildman–Crippen MR) is 156 cm³/mol. The van der Waals surface area contributed by atoms with Gasteiger partial charge in [0.1, 0.15) is 11.5 Å². The molecule has 2 amide bonds. The summed E-state index contributed by atoms with van der Waals surface area (Å²) in [6.07, 6.45) is 3.38. The van der Waals surface area contributed by atoms with E-state index in [9.17, 15) is 19.6 Å². The summed E-state index contributed by atoms with van der Waals surface area (Å²) < 4.78 is 11.0. The minimum absolute atomic E-state index is 0.185. The average Bonchev–Trinajstić information content (AvgIpc) is 3.72. The SMILES string of the molecule is COC(=O)c1ccc(NC(=O)C(CC2CC2)c2ccc(-c3cc(Cl)ccc3NC(=O)OC(C)(C)C)c[n+]2O)c(Cl)c1. The van der Waals surface area contributed by atoms with E-state index in [1.54, 1.807) is 51.1 Å². The molecular weight excluding hydrogens is 569 g/mol. The molecule has 1 heterocycles. The van der Waals surface area contributed by atoms with E-state index < -0.39 is 23.6 Å². The molecule has 0 aliphatic heterocycles. The minimum Gasteiger partial charge on any atom is -0.465 e. The molecule has 9 nitrogen and oxygen atoms in total. The molecule has 11 heteroatoms. The molecule has 3 N–H and O–H groups in total. The molecule has 0 radical (unpaired) electrons. The van der Waals surface area contributed by atoms with Crippen LogP contribution in [0.1, 0.15) is 62.0 Å². The number of pyridine rings is 1. The van der Waals surface area contributed by atoms with Crippen molar-refractivity contribution in [3.05, 3.63) is 76.0 Å². The van der Waals surface area contributed by atoms with Crippen LogP contribution in [-0.4, -0.2) is 35.9 Å². The second kappa shape index (κ2) is 12.4. The van der Waals surface area contributed by atoms with Crippen molar-refractivity contribution in [2.24, 2.45) is 5.92 Å². The van der Waals surface area contributed by atoms with Crippen molar-refractivity contribution < 1.29 is 33.8 Å². The summed E-state index contributed by atoms with van der Waals surface area (Å²) in [4.78, 5) is 37.7. The number of halogens is 2. The van der Waals surface area contributed by atoms with Crippen LogP contribution in [0.15, 0.2) is 54.7 Å². The summed E-state index contributed by atoms with van der Waals surface area (Å²) in [5, 5.41) is 17.2. The summed E-state index contributed by atoms with van der Waals surface area (Å²) in [5.41, 5.74) is 1.84. The fraction of sp³-hybridized carbons (Fsp3) is 0.333. The number of esters is 1. The van der Waals surface area contributed by atoms with Crippen LogP contribution in [0.5, 0.6) is 0 Å².